The summed E-state index contributed by atoms with van der Waals surface area (Å²) in [5.41, 5.74) is -0.658. The van der Waals surface area contributed by atoms with E-state index in [9.17, 15) is 14.0 Å². The van der Waals surface area contributed by atoms with Gasteiger partial charge in [0.25, 0.3) is 0 Å². The van der Waals surface area contributed by atoms with Crippen molar-refractivity contribution in [2.24, 2.45) is 0 Å². The van der Waals surface area contributed by atoms with Crippen molar-refractivity contribution in [2.45, 2.75) is 37.3 Å². The van der Waals surface area contributed by atoms with Crippen LogP contribution < -0.4 is 5.32 Å². The Hall–Kier alpha value is -1.76. The molecule has 1 N–H and O–H groups in total. The average Bonchev–Trinajstić information content (AvgIpc) is 2.42. The molecule has 0 aliphatic carbocycles. The summed E-state index contributed by atoms with van der Waals surface area (Å²) in [6.45, 7) is 5.19. The number of hydrogen-bond acceptors (Lipinski definition) is 5. The monoisotopic (exact) mass is 329 g/mol. The third-order valence-electron chi connectivity index (χ3n) is 2.41. The lowest BCUT2D eigenvalue weighted by atomic mass is 10.2. The summed E-state index contributed by atoms with van der Waals surface area (Å²) in [6.07, 6.45) is -0.692. The van der Waals surface area contributed by atoms with Gasteiger partial charge in [-0.2, -0.15) is 0 Å². The van der Waals surface area contributed by atoms with Crippen LogP contribution in [-0.4, -0.2) is 36.6 Å². The molecule has 0 fully saturated rings. The zero-order valence-corrected chi connectivity index (χ0v) is 13.8. The lowest BCUT2D eigenvalue weighted by Gasteiger charge is -2.22. The molecular weight excluding hydrogens is 309 g/mol. The molecule has 1 aromatic carbocycles. The Labute approximate surface area is 133 Å². The van der Waals surface area contributed by atoms with E-state index in [1.165, 1.54) is 31.0 Å². The Morgan fingerprint density at radius 1 is 1.27 bits per heavy atom. The number of alkyl carbamates (subject to hydrolysis) is 1. The van der Waals surface area contributed by atoms with Gasteiger partial charge in [0, 0.05) is 10.6 Å². The third-order valence-corrected chi connectivity index (χ3v) is 3.51. The lowest BCUT2D eigenvalue weighted by molar-refractivity contribution is -0.142. The molecule has 7 heteroatoms. The molecule has 0 aliphatic heterocycles. The highest BCUT2D eigenvalue weighted by Gasteiger charge is 2.25. The van der Waals surface area contributed by atoms with Crippen molar-refractivity contribution >= 4 is 23.8 Å². The van der Waals surface area contributed by atoms with Gasteiger partial charge < -0.3 is 14.8 Å². The number of benzene rings is 1. The Bertz CT molecular complexity index is 513. The van der Waals surface area contributed by atoms with Gasteiger partial charge in [-0.15, -0.1) is 11.8 Å². The number of nitrogens with one attached hydrogen (secondary N) is 1. The molecule has 0 radical (unpaired) electrons. The van der Waals surface area contributed by atoms with E-state index in [1.807, 2.05) is 0 Å². The maximum absolute atomic E-state index is 12.8. The molecule has 1 unspecified atom stereocenters. The highest BCUT2D eigenvalue weighted by Crippen LogP contribution is 2.19. The number of hydrogen-bond donors (Lipinski definition) is 1. The van der Waals surface area contributed by atoms with E-state index in [4.69, 9.17) is 4.74 Å². The topological polar surface area (TPSA) is 64.6 Å². The molecule has 0 aromatic heterocycles. The summed E-state index contributed by atoms with van der Waals surface area (Å²) in [5.74, 6) is -0.654. The first-order chi connectivity index (χ1) is 10.2. The van der Waals surface area contributed by atoms with E-state index >= 15 is 0 Å². The fraction of sp³-hybridized carbons (Fsp3) is 0.467. The van der Waals surface area contributed by atoms with Crippen molar-refractivity contribution in [3.63, 3.8) is 0 Å². The lowest BCUT2D eigenvalue weighted by Crippen LogP contribution is -2.45. The standard InChI is InChI=1S/C15H20FNO4S/c1-15(2,3)21-14(19)17-12(13(18)20-4)9-22-11-7-5-10(16)6-8-11/h5-8,12H,9H2,1-4H3,(H,17,19). The number of rotatable bonds is 5. The maximum Gasteiger partial charge on any atom is 0.408 e. The Morgan fingerprint density at radius 3 is 2.36 bits per heavy atom. The van der Waals surface area contributed by atoms with Crippen LogP contribution in [0.4, 0.5) is 9.18 Å². The normalized spacial score (nSPS) is 12.4. The minimum Gasteiger partial charge on any atom is -0.467 e. The van der Waals surface area contributed by atoms with Crippen molar-refractivity contribution in [1.82, 2.24) is 5.32 Å². The van der Waals surface area contributed by atoms with Crippen LogP contribution in [0, 0.1) is 5.82 Å². The second-order valence-corrected chi connectivity index (χ2v) is 6.58. The minimum atomic E-state index is -0.852. The first-order valence-corrected chi connectivity index (χ1v) is 7.65. The van der Waals surface area contributed by atoms with E-state index in [1.54, 1.807) is 32.9 Å². The average molecular weight is 329 g/mol. The fourth-order valence-electron chi connectivity index (χ4n) is 1.47. The number of carbonyl (C=O) groups is 2. The second kappa shape index (κ2) is 8.03. The van der Waals surface area contributed by atoms with Crippen LogP contribution in [-0.2, 0) is 14.3 Å². The number of thioether (sulfide) groups is 1. The number of esters is 1. The van der Waals surface area contributed by atoms with Gasteiger partial charge >= 0.3 is 12.1 Å². The van der Waals surface area contributed by atoms with E-state index in [2.05, 4.69) is 10.1 Å². The molecular formula is C15H20FNO4S. The van der Waals surface area contributed by atoms with Crippen LogP contribution >= 0.6 is 11.8 Å². The molecule has 1 aromatic rings. The summed E-state index contributed by atoms with van der Waals surface area (Å²) in [6, 6.07) is 5.01. The zero-order valence-electron chi connectivity index (χ0n) is 13.0. The second-order valence-electron chi connectivity index (χ2n) is 5.49. The number of carbonyl (C=O) groups excluding carboxylic acids is 2. The molecule has 1 amide bonds. The quantitative estimate of drug-likeness (QED) is 0.664. The van der Waals surface area contributed by atoms with Crippen LogP contribution in [0.1, 0.15) is 20.8 Å². The third kappa shape index (κ3) is 6.80. The van der Waals surface area contributed by atoms with Crippen LogP contribution in [0.15, 0.2) is 29.2 Å². The maximum atomic E-state index is 12.8. The largest absolute Gasteiger partial charge is 0.467 e. The molecule has 5 nitrogen and oxygen atoms in total. The molecule has 22 heavy (non-hydrogen) atoms. The molecule has 0 heterocycles. The Morgan fingerprint density at radius 2 is 1.86 bits per heavy atom. The number of halogens is 1. The van der Waals surface area contributed by atoms with Gasteiger partial charge in [0.15, 0.2) is 0 Å². The fourth-order valence-corrected chi connectivity index (χ4v) is 2.38. The van der Waals surface area contributed by atoms with Crippen molar-refractivity contribution in [2.75, 3.05) is 12.9 Å². The Balaban J connectivity index is 2.63. The highest BCUT2D eigenvalue weighted by molar-refractivity contribution is 7.99. The van der Waals surface area contributed by atoms with Crippen LogP contribution in [0.2, 0.25) is 0 Å². The van der Waals surface area contributed by atoms with E-state index in [-0.39, 0.29) is 11.6 Å². The number of ether oxygens (including phenoxy) is 2. The molecule has 122 valence electrons. The van der Waals surface area contributed by atoms with Crippen LogP contribution in [0.25, 0.3) is 0 Å². The Kier molecular flexibility index (Phi) is 6.67. The summed E-state index contributed by atoms with van der Waals surface area (Å²) >= 11 is 1.30. The van der Waals surface area contributed by atoms with Gasteiger partial charge in [-0.3, -0.25) is 0 Å². The summed E-state index contributed by atoms with van der Waals surface area (Å²) in [4.78, 5) is 24.2. The minimum absolute atomic E-state index is 0.248. The number of amides is 1. The molecule has 0 saturated heterocycles. The zero-order chi connectivity index (χ0) is 16.8. The van der Waals surface area contributed by atoms with Gasteiger partial charge in [-0.1, -0.05) is 0 Å². The first kappa shape index (κ1) is 18.3. The first-order valence-electron chi connectivity index (χ1n) is 6.67. The van der Waals surface area contributed by atoms with Crippen molar-refractivity contribution in [1.29, 1.82) is 0 Å². The molecule has 0 bridgehead atoms. The smallest absolute Gasteiger partial charge is 0.408 e. The SMILES string of the molecule is COC(=O)C(CSc1ccc(F)cc1)NC(=O)OC(C)(C)C. The predicted octanol–water partition coefficient (Wildman–Crippen LogP) is 2.98. The summed E-state index contributed by atoms with van der Waals surface area (Å²) in [5, 5.41) is 2.48. The molecule has 1 rings (SSSR count). The summed E-state index contributed by atoms with van der Waals surface area (Å²) in [7, 11) is 1.24. The number of methoxy groups -OCH3 is 1. The van der Waals surface area contributed by atoms with Gasteiger partial charge in [0.2, 0.25) is 0 Å². The van der Waals surface area contributed by atoms with Crippen LogP contribution in [0.3, 0.4) is 0 Å². The van der Waals surface area contributed by atoms with E-state index in [0.717, 1.165) is 4.90 Å². The van der Waals surface area contributed by atoms with Gasteiger partial charge in [-0.05, 0) is 45.0 Å². The van der Waals surface area contributed by atoms with E-state index in [0.29, 0.717) is 0 Å². The van der Waals surface area contributed by atoms with Crippen molar-refractivity contribution in [3.8, 4) is 0 Å². The summed E-state index contributed by atoms with van der Waals surface area (Å²) < 4.78 is 22.6. The van der Waals surface area contributed by atoms with Gasteiger partial charge in [-0.25, -0.2) is 14.0 Å². The molecule has 1 atom stereocenters. The predicted molar refractivity (Wildman–Crippen MR) is 82.3 cm³/mol. The molecule has 0 aliphatic rings. The molecule has 0 saturated carbocycles. The van der Waals surface area contributed by atoms with Crippen LogP contribution in [0.5, 0.6) is 0 Å². The molecule has 0 spiro atoms. The van der Waals surface area contributed by atoms with Crippen molar-refractivity contribution < 1.29 is 23.5 Å². The van der Waals surface area contributed by atoms with Crippen molar-refractivity contribution in [3.05, 3.63) is 30.1 Å². The van der Waals surface area contributed by atoms with Gasteiger partial charge in [0.05, 0.1) is 7.11 Å². The highest BCUT2D eigenvalue weighted by atomic mass is 32.2. The van der Waals surface area contributed by atoms with Gasteiger partial charge in [0.1, 0.15) is 17.5 Å². The van der Waals surface area contributed by atoms with E-state index < -0.39 is 23.7 Å².